The van der Waals surface area contributed by atoms with Crippen molar-refractivity contribution >= 4 is 46.4 Å². The van der Waals surface area contributed by atoms with Crippen LogP contribution in [0.25, 0.3) is 0 Å². The van der Waals surface area contributed by atoms with Gasteiger partial charge in [-0.2, -0.15) is 0 Å². The normalized spacial score (nSPS) is 25.3. The number of para-hydroxylation sites is 1. The third kappa shape index (κ3) is 2.96. The van der Waals surface area contributed by atoms with Gasteiger partial charge in [-0.3, -0.25) is 14.4 Å². The fourth-order valence-electron chi connectivity index (χ4n) is 4.43. The van der Waals surface area contributed by atoms with E-state index in [1.54, 1.807) is 24.1 Å². The van der Waals surface area contributed by atoms with E-state index in [2.05, 4.69) is 0 Å². The predicted molar refractivity (Wildman–Crippen MR) is 120 cm³/mol. The van der Waals surface area contributed by atoms with Crippen LogP contribution in [0.2, 0.25) is 10.0 Å². The number of benzene rings is 3. The number of rotatable bonds is 3. The lowest BCUT2D eigenvalue weighted by Gasteiger charge is -2.32. The predicted octanol–water partition coefficient (Wildman–Crippen LogP) is 5.43. The van der Waals surface area contributed by atoms with Crippen LogP contribution < -0.4 is 9.96 Å². The molecule has 0 radical (unpaired) electrons. The van der Waals surface area contributed by atoms with Crippen LogP contribution in [-0.4, -0.2) is 17.9 Å². The molecule has 0 saturated carbocycles. The Kier molecular flexibility index (Phi) is 4.77. The van der Waals surface area contributed by atoms with Crippen LogP contribution >= 0.6 is 23.2 Å². The summed E-state index contributed by atoms with van der Waals surface area (Å²) in [5.41, 5.74) is 0.893. The zero-order valence-electron chi connectivity index (χ0n) is 16.5. The van der Waals surface area contributed by atoms with Crippen LogP contribution in [0, 0.1) is 5.41 Å². The van der Waals surface area contributed by atoms with Gasteiger partial charge in [0, 0.05) is 0 Å². The van der Waals surface area contributed by atoms with Crippen molar-refractivity contribution in [3.05, 3.63) is 94.5 Å². The van der Waals surface area contributed by atoms with Gasteiger partial charge in [0.1, 0.15) is 5.41 Å². The van der Waals surface area contributed by atoms with Crippen LogP contribution in [0.3, 0.4) is 0 Å². The van der Waals surface area contributed by atoms with Crippen molar-refractivity contribution in [3.8, 4) is 0 Å². The van der Waals surface area contributed by atoms with E-state index in [1.807, 2.05) is 60.7 Å². The van der Waals surface area contributed by atoms with Crippen LogP contribution in [-0.2, 0) is 14.4 Å². The summed E-state index contributed by atoms with van der Waals surface area (Å²) in [6, 6.07) is 23.3. The van der Waals surface area contributed by atoms with Gasteiger partial charge >= 0.3 is 0 Å². The molecule has 3 aromatic rings. The lowest BCUT2D eigenvalue weighted by atomic mass is 9.76. The molecule has 0 bridgehead atoms. The molecule has 156 valence electrons. The number of amides is 2. The third-order valence-electron chi connectivity index (χ3n) is 5.96. The van der Waals surface area contributed by atoms with Crippen molar-refractivity contribution in [1.82, 2.24) is 0 Å². The topological polar surface area (TPSA) is 49.9 Å². The zero-order valence-corrected chi connectivity index (χ0v) is 18.0. The van der Waals surface area contributed by atoms with Crippen LogP contribution in [0.5, 0.6) is 0 Å². The molecule has 0 unspecified atom stereocenters. The Labute approximate surface area is 189 Å². The van der Waals surface area contributed by atoms with Crippen LogP contribution in [0.4, 0.5) is 11.4 Å². The molecule has 0 aliphatic carbocycles. The van der Waals surface area contributed by atoms with Crippen molar-refractivity contribution in [3.63, 3.8) is 0 Å². The summed E-state index contributed by atoms with van der Waals surface area (Å²) in [6.45, 7) is 1.79. The molecule has 5 nitrogen and oxygen atoms in total. The minimum Gasteiger partial charge on any atom is -0.273 e. The molecule has 2 aliphatic heterocycles. The largest absolute Gasteiger partial charge is 0.273 e. The molecule has 5 rings (SSSR count). The summed E-state index contributed by atoms with van der Waals surface area (Å²) in [7, 11) is 0. The first-order chi connectivity index (χ1) is 14.9. The Morgan fingerprint density at radius 2 is 1.48 bits per heavy atom. The molecular formula is C24H18Cl2N2O3. The Balaban J connectivity index is 1.63. The average molecular weight is 453 g/mol. The smallest absolute Gasteiger partial charge is 0.266 e. The molecule has 7 heteroatoms. The number of fused-ring (bicyclic) bond motifs is 1. The van der Waals surface area contributed by atoms with Gasteiger partial charge in [-0.1, -0.05) is 71.7 Å². The van der Waals surface area contributed by atoms with E-state index in [0.29, 0.717) is 10.7 Å². The van der Waals surface area contributed by atoms with Crippen molar-refractivity contribution in [1.29, 1.82) is 0 Å². The maximum absolute atomic E-state index is 13.8. The molecule has 2 saturated heterocycles. The molecule has 31 heavy (non-hydrogen) atoms. The summed E-state index contributed by atoms with van der Waals surface area (Å²) >= 11 is 12.2. The number of anilines is 2. The number of hydrogen-bond acceptors (Lipinski definition) is 4. The van der Waals surface area contributed by atoms with Crippen molar-refractivity contribution in [2.24, 2.45) is 5.41 Å². The quantitative estimate of drug-likeness (QED) is 0.496. The summed E-state index contributed by atoms with van der Waals surface area (Å²) in [5, 5.41) is 2.31. The number of hydrogen-bond donors (Lipinski definition) is 0. The van der Waals surface area contributed by atoms with Gasteiger partial charge in [0.15, 0.2) is 6.10 Å². The third-order valence-corrected chi connectivity index (χ3v) is 6.70. The first kappa shape index (κ1) is 20.1. The second-order valence-corrected chi connectivity index (χ2v) is 8.63. The second-order valence-electron chi connectivity index (χ2n) is 7.82. The summed E-state index contributed by atoms with van der Waals surface area (Å²) in [4.78, 5) is 34.6. The number of hydroxylamine groups is 1. The van der Waals surface area contributed by atoms with Crippen LogP contribution in [0.15, 0.2) is 78.9 Å². The van der Waals surface area contributed by atoms with E-state index >= 15 is 0 Å². The van der Waals surface area contributed by atoms with Crippen molar-refractivity contribution < 1.29 is 14.4 Å². The number of carbonyl (C=O) groups is 2. The monoisotopic (exact) mass is 452 g/mol. The Hall–Kier alpha value is -2.86. The van der Waals surface area contributed by atoms with Crippen molar-refractivity contribution in [2.45, 2.75) is 19.1 Å². The molecule has 3 atom stereocenters. The average Bonchev–Trinajstić information content (AvgIpc) is 3.20. The second kappa shape index (κ2) is 7.38. The Morgan fingerprint density at radius 3 is 2.13 bits per heavy atom. The Morgan fingerprint density at radius 1 is 0.839 bits per heavy atom. The molecule has 2 fully saturated rings. The standard InChI is InChI=1S/C24H18Cl2N2O3/c1-24-20(15-8-4-2-5-9-15)28(16-10-6-3-7-11-16)31-21(24)22(29)27(23(24)30)17-12-13-18(25)19(26)14-17/h2-14,20-21H,1H3/t20-,21+,24-/m0/s1. The van der Waals surface area contributed by atoms with Crippen molar-refractivity contribution in [2.75, 3.05) is 9.96 Å². The first-order valence-corrected chi connectivity index (χ1v) is 10.6. The number of halogens is 2. The molecule has 2 aliphatic rings. The summed E-state index contributed by atoms with van der Waals surface area (Å²) in [5.74, 6) is -0.765. The lowest BCUT2D eigenvalue weighted by molar-refractivity contribution is -0.128. The van der Waals surface area contributed by atoms with E-state index in [4.69, 9.17) is 28.0 Å². The van der Waals surface area contributed by atoms with Gasteiger partial charge in [0.05, 0.1) is 27.5 Å². The highest BCUT2D eigenvalue weighted by Gasteiger charge is 2.68. The molecule has 0 spiro atoms. The Bertz CT molecular complexity index is 1170. The first-order valence-electron chi connectivity index (χ1n) is 9.82. The van der Waals surface area contributed by atoms with E-state index in [1.165, 1.54) is 6.07 Å². The molecule has 2 amide bonds. The maximum atomic E-state index is 13.8. The van der Waals surface area contributed by atoms with Crippen LogP contribution in [0.1, 0.15) is 18.5 Å². The highest BCUT2D eigenvalue weighted by molar-refractivity contribution is 6.42. The van der Waals surface area contributed by atoms with E-state index in [0.717, 1.165) is 16.2 Å². The molecule has 0 aromatic heterocycles. The zero-order chi connectivity index (χ0) is 21.8. The molecule has 3 aromatic carbocycles. The number of imide groups is 1. The summed E-state index contributed by atoms with van der Waals surface area (Å²) in [6.07, 6.45) is -0.972. The van der Waals surface area contributed by atoms with Gasteiger partial charge < -0.3 is 0 Å². The molecular weight excluding hydrogens is 435 g/mol. The number of carbonyl (C=O) groups excluding carboxylic acids is 2. The highest BCUT2D eigenvalue weighted by Crippen LogP contribution is 2.55. The highest BCUT2D eigenvalue weighted by atomic mass is 35.5. The van der Waals surface area contributed by atoms with Gasteiger partial charge in [0.25, 0.3) is 5.91 Å². The van der Waals surface area contributed by atoms with Gasteiger partial charge in [-0.15, -0.1) is 0 Å². The van der Waals surface area contributed by atoms with Gasteiger partial charge in [-0.25, -0.2) is 9.96 Å². The SMILES string of the molecule is C[C@@]12C(=O)N(c3ccc(Cl)c(Cl)c3)C(=O)[C@H]1ON(c1ccccc1)[C@H]2c1ccccc1. The summed E-state index contributed by atoms with van der Waals surface area (Å²) < 4.78 is 0. The van der Waals surface area contributed by atoms with Gasteiger partial charge in [-0.05, 0) is 42.8 Å². The fraction of sp³-hybridized carbons (Fsp3) is 0.167. The number of nitrogens with zero attached hydrogens (tertiary/aromatic N) is 2. The van der Waals surface area contributed by atoms with E-state index in [-0.39, 0.29) is 10.9 Å². The maximum Gasteiger partial charge on any atom is 0.266 e. The lowest BCUT2D eigenvalue weighted by Crippen LogP contribution is -2.41. The fourth-order valence-corrected chi connectivity index (χ4v) is 4.72. The minimum absolute atomic E-state index is 0.272. The van der Waals surface area contributed by atoms with Gasteiger partial charge in [0.2, 0.25) is 5.91 Å². The van der Waals surface area contributed by atoms with E-state index in [9.17, 15) is 9.59 Å². The van der Waals surface area contributed by atoms with E-state index < -0.39 is 23.5 Å². The molecule has 0 N–H and O–H groups in total. The molecule has 2 heterocycles. The minimum atomic E-state index is -1.14.